The summed E-state index contributed by atoms with van der Waals surface area (Å²) in [7, 11) is 0. The van der Waals surface area contributed by atoms with Crippen LogP contribution in [0.3, 0.4) is 0 Å². The molecule has 2 aromatic carbocycles. The molecule has 0 saturated heterocycles. The molecule has 6 heteroatoms. The number of hydrogen-bond donors (Lipinski definition) is 0. The summed E-state index contributed by atoms with van der Waals surface area (Å²) >= 11 is 0. The van der Waals surface area contributed by atoms with Crippen LogP contribution in [0.25, 0.3) is 0 Å². The predicted octanol–water partition coefficient (Wildman–Crippen LogP) is 3.02. The van der Waals surface area contributed by atoms with Crippen molar-refractivity contribution in [3.63, 3.8) is 0 Å². The van der Waals surface area contributed by atoms with Crippen molar-refractivity contribution in [3.05, 3.63) is 60.7 Å². The van der Waals surface area contributed by atoms with E-state index in [2.05, 4.69) is 4.74 Å². The van der Waals surface area contributed by atoms with Crippen molar-refractivity contribution in [2.45, 2.75) is 0 Å². The highest BCUT2D eigenvalue weighted by Crippen LogP contribution is 2.11. The van der Waals surface area contributed by atoms with Crippen LogP contribution >= 0.6 is 0 Å². The molecular weight excluding hydrogens is 272 g/mol. The van der Waals surface area contributed by atoms with Gasteiger partial charge < -0.3 is 14.2 Å². The Bertz CT molecular complexity index is 505. The highest BCUT2D eigenvalue weighted by Gasteiger charge is 2.14. The van der Waals surface area contributed by atoms with Crippen LogP contribution in [0.15, 0.2) is 60.7 Å². The molecule has 0 N–H and O–H groups in total. The van der Waals surface area contributed by atoms with E-state index in [0.29, 0.717) is 0 Å². The molecule has 0 amide bonds. The number of rotatable bonds is 2. The van der Waals surface area contributed by atoms with Crippen molar-refractivity contribution in [2.24, 2.45) is 0 Å². The summed E-state index contributed by atoms with van der Waals surface area (Å²) in [5.41, 5.74) is 0. The van der Waals surface area contributed by atoms with Crippen LogP contribution in [0, 0.1) is 0 Å². The maximum absolute atomic E-state index is 11.3. The molecule has 0 aliphatic carbocycles. The van der Waals surface area contributed by atoms with Gasteiger partial charge in [-0.25, -0.2) is 9.59 Å². The van der Waals surface area contributed by atoms with Crippen molar-refractivity contribution in [2.75, 3.05) is 0 Å². The molecule has 0 aromatic heterocycles. The number of carbonyl (C=O) groups excluding carboxylic acids is 2. The lowest BCUT2D eigenvalue weighted by Gasteiger charge is -2.04. The lowest BCUT2D eigenvalue weighted by Crippen LogP contribution is -2.19. The van der Waals surface area contributed by atoms with Crippen molar-refractivity contribution in [1.29, 1.82) is 0 Å². The first-order valence-electron chi connectivity index (χ1n) is 5.45. The Morgan fingerprint density at radius 1 is 0.650 bits per heavy atom. The number of carbonyl (C=O) groups is 2. The summed E-state index contributed by atoms with van der Waals surface area (Å²) in [4.78, 5) is 22.5. The fourth-order valence-electron chi connectivity index (χ4n) is 1.28. The minimum absolute atomic E-state index is 0. The summed E-state index contributed by atoms with van der Waals surface area (Å²) in [6.07, 6.45) is -2.29. The first-order chi connectivity index (χ1) is 9.24. The predicted molar refractivity (Wildman–Crippen MR) is 71.8 cm³/mol. The van der Waals surface area contributed by atoms with Crippen LogP contribution in [-0.2, 0) is 4.74 Å². The Morgan fingerprint density at radius 3 is 1.35 bits per heavy atom. The Morgan fingerprint density at radius 2 is 1.00 bits per heavy atom. The molecule has 98 valence electrons. The van der Waals surface area contributed by atoms with Crippen molar-refractivity contribution >= 4 is 35.4 Å². The van der Waals surface area contributed by atoms with Crippen LogP contribution < -0.4 is 9.47 Å². The van der Waals surface area contributed by atoms with E-state index in [1.54, 1.807) is 60.7 Å². The van der Waals surface area contributed by atoms with Gasteiger partial charge in [0.1, 0.15) is 11.5 Å². The van der Waals surface area contributed by atoms with Gasteiger partial charge in [0.25, 0.3) is 0 Å². The van der Waals surface area contributed by atoms with Crippen LogP contribution in [0.4, 0.5) is 9.59 Å². The van der Waals surface area contributed by atoms with E-state index in [1.807, 2.05) is 0 Å². The first-order valence-corrected chi connectivity index (χ1v) is 5.45. The Kier molecular flexibility index (Phi) is 6.55. The van der Waals surface area contributed by atoms with Crippen LogP contribution in [-0.4, -0.2) is 35.4 Å². The molecule has 2 radical (unpaired) electrons. The topological polar surface area (TPSA) is 61.8 Å². The number of para-hydroxylation sites is 2. The minimum atomic E-state index is -1.15. The molecular formula is C14H10MgO5. The summed E-state index contributed by atoms with van der Waals surface area (Å²) < 4.78 is 13.9. The third-order valence-electron chi connectivity index (χ3n) is 2.06. The molecule has 2 rings (SSSR count). The molecule has 0 fully saturated rings. The van der Waals surface area contributed by atoms with Crippen molar-refractivity contribution in [3.8, 4) is 11.5 Å². The smallest absolute Gasteiger partial charge is 0.395 e. The minimum Gasteiger partial charge on any atom is -0.395 e. The molecule has 0 aliphatic heterocycles. The third-order valence-corrected chi connectivity index (χ3v) is 2.06. The van der Waals surface area contributed by atoms with Crippen LogP contribution in [0.1, 0.15) is 0 Å². The lowest BCUT2D eigenvalue weighted by atomic mass is 10.3. The zero-order chi connectivity index (χ0) is 13.5. The average Bonchev–Trinajstić information content (AvgIpc) is 2.40. The maximum atomic E-state index is 11.3. The maximum Gasteiger partial charge on any atom is 0.524 e. The van der Waals surface area contributed by atoms with Crippen molar-refractivity contribution < 1.29 is 23.8 Å². The summed E-state index contributed by atoms with van der Waals surface area (Å²) in [5, 5.41) is 0. The van der Waals surface area contributed by atoms with E-state index in [1.165, 1.54) is 0 Å². The summed E-state index contributed by atoms with van der Waals surface area (Å²) in [6.45, 7) is 0. The van der Waals surface area contributed by atoms with Gasteiger partial charge in [-0.15, -0.1) is 0 Å². The number of ether oxygens (including phenoxy) is 3. The molecule has 0 atom stereocenters. The molecule has 0 heterocycles. The van der Waals surface area contributed by atoms with Gasteiger partial charge in [-0.3, -0.25) is 0 Å². The van der Waals surface area contributed by atoms with Gasteiger partial charge in [0.2, 0.25) is 0 Å². The highest BCUT2D eigenvalue weighted by atomic mass is 24.3. The molecule has 5 nitrogen and oxygen atoms in total. The van der Waals surface area contributed by atoms with Crippen LogP contribution in [0.5, 0.6) is 11.5 Å². The number of hydrogen-bond acceptors (Lipinski definition) is 5. The second-order valence-corrected chi connectivity index (χ2v) is 3.43. The summed E-state index contributed by atoms with van der Waals surface area (Å²) in [6, 6.07) is 16.5. The van der Waals surface area contributed by atoms with Gasteiger partial charge in [-0.05, 0) is 24.3 Å². The van der Waals surface area contributed by atoms with E-state index < -0.39 is 12.3 Å². The second kappa shape index (κ2) is 8.18. The average molecular weight is 283 g/mol. The van der Waals surface area contributed by atoms with E-state index >= 15 is 0 Å². The molecule has 0 saturated carbocycles. The Balaban J connectivity index is 0.00000200. The largest absolute Gasteiger partial charge is 0.524 e. The SMILES string of the molecule is O=C(OC(=O)Oc1ccccc1)Oc1ccccc1.[Mg]. The standard InChI is InChI=1S/C14H10O5.Mg/c15-13(17-11-7-3-1-4-8-11)19-14(16)18-12-9-5-2-6-10-12;/h1-10H;. The Labute approximate surface area is 131 Å². The van der Waals surface area contributed by atoms with Gasteiger partial charge in [0.15, 0.2) is 0 Å². The fourth-order valence-corrected chi connectivity index (χ4v) is 1.28. The number of benzene rings is 2. The molecule has 0 unspecified atom stereocenters. The lowest BCUT2D eigenvalue weighted by molar-refractivity contribution is 0.0896. The highest BCUT2D eigenvalue weighted by molar-refractivity contribution is 5.79. The van der Waals surface area contributed by atoms with E-state index in [4.69, 9.17) is 9.47 Å². The van der Waals surface area contributed by atoms with Gasteiger partial charge in [0.05, 0.1) is 0 Å². The molecule has 20 heavy (non-hydrogen) atoms. The second-order valence-electron chi connectivity index (χ2n) is 3.43. The first kappa shape index (κ1) is 16.0. The van der Waals surface area contributed by atoms with E-state index in [0.717, 1.165) is 0 Å². The molecule has 0 aliphatic rings. The van der Waals surface area contributed by atoms with Gasteiger partial charge in [0, 0.05) is 23.1 Å². The van der Waals surface area contributed by atoms with E-state index in [-0.39, 0.29) is 34.6 Å². The third kappa shape index (κ3) is 5.29. The molecule has 2 aromatic rings. The zero-order valence-corrected chi connectivity index (χ0v) is 11.9. The zero-order valence-electron chi connectivity index (χ0n) is 10.5. The molecule has 0 spiro atoms. The van der Waals surface area contributed by atoms with Crippen molar-refractivity contribution in [1.82, 2.24) is 0 Å². The van der Waals surface area contributed by atoms with Gasteiger partial charge in [-0.1, -0.05) is 36.4 Å². The quantitative estimate of drug-likeness (QED) is 0.367. The Hall–Kier alpha value is -2.05. The summed E-state index contributed by atoms with van der Waals surface area (Å²) in [5.74, 6) is 0.556. The van der Waals surface area contributed by atoms with Gasteiger partial charge >= 0.3 is 12.3 Å². The monoisotopic (exact) mass is 282 g/mol. The van der Waals surface area contributed by atoms with Crippen LogP contribution in [0.2, 0.25) is 0 Å². The molecule has 0 bridgehead atoms. The normalized spacial score (nSPS) is 9.00. The fraction of sp³-hybridized carbons (Fsp3) is 0. The van der Waals surface area contributed by atoms with E-state index in [9.17, 15) is 9.59 Å². The van der Waals surface area contributed by atoms with Gasteiger partial charge in [-0.2, -0.15) is 0 Å².